The number of Topliss-reactive ketones (excluding diaryl/α,β-unsaturated/α-hetero) is 1. The number of carbonyl (C=O) groups excluding carboxylic acids is 1. The molecule has 1 N–H and O–H groups in total. The Morgan fingerprint density at radius 3 is 2.85 bits per heavy atom. The van der Waals surface area contributed by atoms with Crippen molar-refractivity contribution < 1.29 is 13.2 Å². The Balaban J connectivity index is 2.34. The molecule has 0 amide bonds. The van der Waals surface area contributed by atoms with Crippen LogP contribution >= 0.6 is 0 Å². The topological polar surface area (TPSA) is 63.2 Å². The minimum Gasteiger partial charge on any atom is -0.299 e. The summed E-state index contributed by atoms with van der Waals surface area (Å²) in [5.74, 6) is -0.101. The summed E-state index contributed by atoms with van der Waals surface area (Å²) in [6, 6.07) is 0. The van der Waals surface area contributed by atoms with Crippen LogP contribution in [0.25, 0.3) is 0 Å². The average Bonchev–Trinajstić information content (AvgIpc) is 2.48. The van der Waals surface area contributed by atoms with Crippen molar-refractivity contribution in [2.75, 3.05) is 6.54 Å². The molecule has 2 aliphatic rings. The lowest BCUT2D eigenvalue weighted by Crippen LogP contribution is -2.34. The van der Waals surface area contributed by atoms with E-state index in [-0.39, 0.29) is 18.2 Å². The first kappa shape index (κ1) is 9.15. The van der Waals surface area contributed by atoms with Gasteiger partial charge in [0.1, 0.15) is 5.78 Å². The molecule has 2 atom stereocenters. The smallest absolute Gasteiger partial charge is 0.215 e. The van der Waals surface area contributed by atoms with Crippen molar-refractivity contribution >= 4 is 15.8 Å². The lowest BCUT2D eigenvalue weighted by Gasteiger charge is -2.13. The highest BCUT2D eigenvalue weighted by atomic mass is 32.2. The van der Waals surface area contributed by atoms with Gasteiger partial charge in [-0.3, -0.25) is 4.79 Å². The summed E-state index contributed by atoms with van der Waals surface area (Å²) in [4.78, 5) is 11.5. The molecular weight excluding hydrogens is 190 g/mol. The second-order valence-electron chi connectivity index (χ2n) is 3.73. The third-order valence-corrected chi connectivity index (χ3v) is 4.91. The molecule has 0 radical (unpaired) electrons. The van der Waals surface area contributed by atoms with Gasteiger partial charge in [0, 0.05) is 18.9 Å². The number of nitrogens with one attached hydrogen (secondary N) is 1. The van der Waals surface area contributed by atoms with E-state index in [1.807, 2.05) is 0 Å². The lowest BCUT2D eigenvalue weighted by molar-refractivity contribution is -0.122. The largest absolute Gasteiger partial charge is 0.299 e. The van der Waals surface area contributed by atoms with E-state index in [0.717, 1.165) is 12.8 Å². The van der Waals surface area contributed by atoms with Crippen molar-refractivity contribution in [3.8, 4) is 0 Å². The quantitative estimate of drug-likeness (QED) is 0.605. The molecule has 74 valence electrons. The molecule has 2 rings (SSSR count). The van der Waals surface area contributed by atoms with E-state index in [1.54, 1.807) is 0 Å². The number of ketones is 1. The molecule has 1 aliphatic heterocycles. The maximum Gasteiger partial charge on any atom is 0.215 e. The van der Waals surface area contributed by atoms with Gasteiger partial charge in [0.25, 0.3) is 0 Å². The van der Waals surface area contributed by atoms with Crippen molar-refractivity contribution in [3.05, 3.63) is 0 Å². The number of fused-ring (bicyclic) bond motifs is 1. The fourth-order valence-electron chi connectivity index (χ4n) is 2.27. The molecule has 0 spiro atoms. The Bertz CT molecular complexity index is 322. The summed E-state index contributed by atoms with van der Waals surface area (Å²) in [5.41, 5.74) is 0. The molecule has 2 fully saturated rings. The molecule has 1 aliphatic carbocycles. The Kier molecular flexibility index (Phi) is 2.15. The summed E-state index contributed by atoms with van der Waals surface area (Å²) < 4.78 is 25.6. The van der Waals surface area contributed by atoms with Crippen molar-refractivity contribution in [2.45, 2.75) is 30.9 Å². The monoisotopic (exact) mass is 203 g/mol. The van der Waals surface area contributed by atoms with Crippen LogP contribution in [0.5, 0.6) is 0 Å². The van der Waals surface area contributed by atoms with Crippen LogP contribution in [0, 0.1) is 5.92 Å². The van der Waals surface area contributed by atoms with Crippen LogP contribution in [0.1, 0.15) is 25.7 Å². The third kappa shape index (κ3) is 1.50. The van der Waals surface area contributed by atoms with Gasteiger partial charge < -0.3 is 0 Å². The molecule has 0 aromatic heterocycles. The van der Waals surface area contributed by atoms with Crippen LogP contribution in [0.3, 0.4) is 0 Å². The Hall–Kier alpha value is -0.420. The van der Waals surface area contributed by atoms with Crippen molar-refractivity contribution in [1.82, 2.24) is 4.72 Å². The zero-order chi connectivity index (χ0) is 9.47. The molecular formula is C8H13NO3S. The van der Waals surface area contributed by atoms with Gasteiger partial charge in [-0.25, -0.2) is 13.1 Å². The first-order valence-corrected chi connectivity index (χ1v) is 6.17. The van der Waals surface area contributed by atoms with Gasteiger partial charge in [-0.05, 0) is 12.8 Å². The highest BCUT2D eigenvalue weighted by molar-refractivity contribution is 7.90. The van der Waals surface area contributed by atoms with E-state index in [9.17, 15) is 13.2 Å². The van der Waals surface area contributed by atoms with E-state index in [0.29, 0.717) is 12.8 Å². The fourth-order valence-corrected chi connectivity index (χ4v) is 4.07. The summed E-state index contributed by atoms with van der Waals surface area (Å²) in [7, 11) is -3.20. The van der Waals surface area contributed by atoms with Gasteiger partial charge in [0.15, 0.2) is 0 Å². The molecule has 1 saturated heterocycles. The number of hydrogen-bond acceptors (Lipinski definition) is 3. The van der Waals surface area contributed by atoms with Crippen LogP contribution in [-0.4, -0.2) is 26.0 Å². The first-order chi connectivity index (χ1) is 6.11. The first-order valence-electron chi connectivity index (χ1n) is 4.62. The maximum atomic E-state index is 11.6. The summed E-state index contributed by atoms with van der Waals surface area (Å²) in [6.07, 6.45) is 2.62. The number of rotatable bonds is 0. The van der Waals surface area contributed by atoms with Crippen LogP contribution in [-0.2, 0) is 14.8 Å². The molecule has 5 heteroatoms. The van der Waals surface area contributed by atoms with Crippen molar-refractivity contribution in [3.63, 3.8) is 0 Å². The third-order valence-electron chi connectivity index (χ3n) is 2.94. The van der Waals surface area contributed by atoms with Crippen LogP contribution in [0.2, 0.25) is 0 Å². The van der Waals surface area contributed by atoms with Gasteiger partial charge in [0.05, 0.1) is 5.25 Å². The molecule has 4 nitrogen and oxygen atoms in total. The summed E-state index contributed by atoms with van der Waals surface area (Å²) in [6.45, 7) is 0.286. The minimum absolute atomic E-state index is 0.121. The second kappa shape index (κ2) is 3.06. The number of sulfonamides is 1. The maximum absolute atomic E-state index is 11.6. The Morgan fingerprint density at radius 1 is 1.31 bits per heavy atom. The Labute approximate surface area is 77.8 Å². The van der Waals surface area contributed by atoms with E-state index < -0.39 is 15.3 Å². The van der Waals surface area contributed by atoms with E-state index in [1.165, 1.54) is 0 Å². The average molecular weight is 203 g/mol. The highest BCUT2D eigenvalue weighted by Crippen LogP contribution is 2.33. The van der Waals surface area contributed by atoms with E-state index in [2.05, 4.69) is 4.72 Å². The summed E-state index contributed by atoms with van der Waals surface area (Å²) >= 11 is 0. The molecule has 0 aromatic carbocycles. The van der Waals surface area contributed by atoms with Gasteiger partial charge in [-0.1, -0.05) is 6.42 Å². The predicted octanol–water partition coefficient (Wildman–Crippen LogP) is 0.0473. The minimum atomic E-state index is -3.20. The predicted molar refractivity (Wildman–Crippen MR) is 47.7 cm³/mol. The Morgan fingerprint density at radius 2 is 2.08 bits per heavy atom. The zero-order valence-electron chi connectivity index (χ0n) is 7.32. The molecule has 13 heavy (non-hydrogen) atoms. The number of carbonyl (C=O) groups is 1. The molecule has 1 heterocycles. The van der Waals surface area contributed by atoms with Crippen LogP contribution in [0.4, 0.5) is 0 Å². The number of hydrogen-bond donors (Lipinski definition) is 1. The molecule has 2 unspecified atom stereocenters. The van der Waals surface area contributed by atoms with Crippen LogP contribution < -0.4 is 4.72 Å². The van der Waals surface area contributed by atoms with Gasteiger partial charge in [-0.15, -0.1) is 0 Å². The standard InChI is InChI=1S/C8H13NO3S/c10-7-4-5-9-13(11,12)8-3-1-2-6(7)8/h6,8-9H,1-5H2. The van der Waals surface area contributed by atoms with Crippen molar-refractivity contribution in [2.24, 2.45) is 5.92 Å². The highest BCUT2D eigenvalue weighted by Gasteiger charge is 2.42. The lowest BCUT2D eigenvalue weighted by atomic mass is 10.0. The molecule has 1 saturated carbocycles. The molecule has 0 bridgehead atoms. The SMILES string of the molecule is O=C1CCNS(=O)(=O)C2CCCC12. The summed E-state index contributed by atoms with van der Waals surface area (Å²) in [5, 5.41) is -0.442. The van der Waals surface area contributed by atoms with Gasteiger partial charge >= 0.3 is 0 Å². The van der Waals surface area contributed by atoms with Gasteiger partial charge in [0.2, 0.25) is 10.0 Å². The van der Waals surface area contributed by atoms with E-state index >= 15 is 0 Å². The molecule has 0 aromatic rings. The normalized spacial score (nSPS) is 38.3. The van der Waals surface area contributed by atoms with Crippen molar-refractivity contribution in [1.29, 1.82) is 0 Å². The zero-order valence-corrected chi connectivity index (χ0v) is 8.14. The van der Waals surface area contributed by atoms with Gasteiger partial charge in [-0.2, -0.15) is 0 Å². The van der Waals surface area contributed by atoms with E-state index in [4.69, 9.17) is 0 Å². The second-order valence-corrected chi connectivity index (χ2v) is 5.72. The van der Waals surface area contributed by atoms with Crippen LogP contribution in [0.15, 0.2) is 0 Å². The fraction of sp³-hybridized carbons (Fsp3) is 0.875.